The van der Waals surface area contributed by atoms with Crippen LogP contribution in [0, 0.1) is 0 Å². The van der Waals surface area contributed by atoms with Crippen LogP contribution in [0.4, 0.5) is 0 Å². The van der Waals surface area contributed by atoms with E-state index in [1.807, 2.05) is 12.1 Å². The molecular formula is C11H16N2O. The quantitative estimate of drug-likeness (QED) is 0.690. The van der Waals surface area contributed by atoms with Crippen LogP contribution in [-0.2, 0) is 4.74 Å². The summed E-state index contributed by atoms with van der Waals surface area (Å²) in [5, 5.41) is 3.23. The standard InChI is InChI=1S/C11H16N2O/c1-14-10-9-12-6-2-3-11-4-7-13-8-5-11/h2-5,7-8,12H,6,9-10H2,1H3. The van der Waals surface area contributed by atoms with Crippen LogP contribution in [0.5, 0.6) is 0 Å². The zero-order valence-electron chi connectivity index (χ0n) is 8.44. The highest BCUT2D eigenvalue weighted by molar-refractivity contribution is 5.47. The highest BCUT2D eigenvalue weighted by atomic mass is 16.5. The maximum absolute atomic E-state index is 4.91. The van der Waals surface area contributed by atoms with Crippen LogP contribution in [0.3, 0.4) is 0 Å². The number of hydrogen-bond donors (Lipinski definition) is 1. The zero-order chi connectivity index (χ0) is 10.1. The molecule has 0 aromatic carbocycles. The summed E-state index contributed by atoms with van der Waals surface area (Å²) in [4.78, 5) is 3.95. The van der Waals surface area contributed by atoms with Crippen molar-refractivity contribution >= 4 is 6.08 Å². The Labute approximate surface area is 84.8 Å². The van der Waals surface area contributed by atoms with Crippen molar-refractivity contribution < 1.29 is 4.74 Å². The molecule has 14 heavy (non-hydrogen) atoms. The van der Waals surface area contributed by atoms with E-state index in [4.69, 9.17) is 4.74 Å². The van der Waals surface area contributed by atoms with E-state index in [1.54, 1.807) is 19.5 Å². The molecule has 0 saturated carbocycles. The minimum absolute atomic E-state index is 0.753. The van der Waals surface area contributed by atoms with E-state index in [1.165, 1.54) is 5.56 Å². The van der Waals surface area contributed by atoms with Crippen LogP contribution in [-0.4, -0.2) is 31.8 Å². The van der Waals surface area contributed by atoms with Crippen molar-refractivity contribution in [3.63, 3.8) is 0 Å². The van der Waals surface area contributed by atoms with Crippen LogP contribution in [0.25, 0.3) is 6.08 Å². The smallest absolute Gasteiger partial charge is 0.0587 e. The van der Waals surface area contributed by atoms with E-state index >= 15 is 0 Å². The number of aromatic nitrogens is 1. The molecular weight excluding hydrogens is 176 g/mol. The first-order valence-electron chi connectivity index (χ1n) is 4.69. The first-order chi connectivity index (χ1) is 6.93. The molecule has 0 atom stereocenters. The third kappa shape index (κ3) is 4.74. The normalized spacial score (nSPS) is 10.9. The van der Waals surface area contributed by atoms with Gasteiger partial charge in [-0.05, 0) is 17.7 Å². The van der Waals surface area contributed by atoms with Crippen molar-refractivity contribution in [3.8, 4) is 0 Å². The predicted octanol–water partition coefficient (Wildman–Crippen LogP) is 1.33. The van der Waals surface area contributed by atoms with E-state index in [-0.39, 0.29) is 0 Å². The highest BCUT2D eigenvalue weighted by Crippen LogP contribution is 1.97. The van der Waals surface area contributed by atoms with Crippen molar-refractivity contribution in [1.29, 1.82) is 0 Å². The van der Waals surface area contributed by atoms with Crippen LogP contribution >= 0.6 is 0 Å². The van der Waals surface area contributed by atoms with E-state index in [2.05, 4.69) is 22.5 Å². The Hall–Kier alpha value is -1.19. The molecule has 0 bridgehead atoms. The first kappa shape index (κ1) is 10.9. The molecule has 0 aliphatic rings. The molecule has 0 fully saturated rings. The molecule has 0 unspecified atom stereocenters. The van der Waals surface area contributed by atoms with Crippen molar-refractivity contribution in [3.05, 3.63) is 36.2 Å². The molecule has 1 aromatic rings. The Morgan fingerprint density at radius 1 is 1.43 bits per heavy atom. The first-order valence-corrected chi connectivity index (χ1v) is 4.69. The number of nitrogens with one attached hydrogen (secondary N) is 1. The second-order valence-corrected chi connectivity index (χ2v) is 2.88. The van der Waals surface area contributed by atoms with Gasteiger partial charge in [0.2, 0.25) is 0 Å². The van der Waals surface area contributed by atoms with Crippen LogP contribution < -0.4 is 5.32 Å². The lowest BCUT2D eigenvalue weighted by Crippen LogP contribution is -2.18. The molecule has 76 valence electrons. The Balaban J connectivity index is 2.15. The second kappa shape index (κ2) is 7.24. The molecule has 1 aromatic heterocycles. The molecule has 0 aliphatic carbocycles. The topological polar surface area (TPSA) is 34.1 Å². The van der Waals surface area contributed by atoms with Gasteiger partial charge in [0.1, 0.15) is 0 Å². The van der Waals surface area contributed by atoms with Gasteiger partial charge in [-0.1, -0.05) is 12.2 Å². The van der Waals surface area contributed by atoms with E-state index in [0.717, 1.165) is 19.7 Å². The summed E-state index contributed by atoms with van der Waals surface area (Å²) in [7, 11) is 1.70. The minimum atomic E-state index is 0.753. The maximum atomic E-state index is 4.91. The van der Waals surface area contributed by atoms with E-state index < -0.39 is 0 Å². The molecule has 1 heterocycles. The van der Waals surface area contributed by atoms with Gasteiger partial charge in [-0.15, -0.1) is 0 Å². The highest BCUT2D eigenvalue weighted by Gasteiger charge is 1.84. The fourth-order valence-corrected chi connectivity index (χ4v) is 1.03. The van der Waals surface area contributed by atoms with Crippen LogP contribution in [0.2, 0.25) is 0 Å². The van der Waals surface area contributed by atoms with Crippen molar-refractivity contribution in [2.24, 2.45) is 0 Å². The molecule has 0 aliphatic heterocycles. The van der Waals surface area contributed by atoms with Gasteiger partial charge < -0.3 is 10.1 Å². The summed E-state index contributed by atoms with van der Waals surface area (Å²) in [6.07, 6.45) is 7.74. The number of rotatable bonds is 6. The summed E-state index contributed by atoms with van der Waals surface area (Å²) < 4.78 is 4.91. The average molecular weight is 192 g/mol. The molecule has 1 N–H and O–H groups in total. The van der Waals surface area contributed by atoms with Gasteiger partial charge in [0.25, 0.3) is 0 Å². The van der Waals surface area contributed by atoms with E-state index in [0.29, 0.717) is 0 Å². The van der Waals surface area contributed by atoms with Gasteiger partial charge in [0.05, 0.1) is 6.61 Å². The summed E-state index contributed by atoms with van der Waals surface area (Å²) in [6, 6.07) is 3.96. The molecule has 0 amide bonds. The summed E-state index contributed by atoms with van der Waals surface area (Å²) in [5.74, 6) is 0. The lowest BCUT2D eigenvalue weighted by Gasteiger charge is -1.98. The third-order valence-electron chi connectivity index (χ3n) is 1.76. The summed E-state index contributed by atoms with van der Waals surface area (Å²) in [6.45, 7) is 2.51. The predicted molar refractivity (Wildman–Crippen MR) is 58.0 cm³/mol. The van der Waals surface area contributed by atoms with Gasteiger partial charge >= 0.3 is 0 Å². The fourth-order valence-electron chi connectivity index (χ4n) is 1.03. The van der Waals surface area contributed by atoms with Crippen molar-refractivity contribution in [1.82, 2.24) is 10.3 Å². The fraction of sp³-hybridized carbons (Fsp3) is 0.364. The summed E-state index contributed by atoms with van der Waals surface area (Å²) >= 11 is 0. The van der Waals surface area contributed by atoms with Crippen molar-refractivity contribution in [2.75, 3.05) is 26.8 Å². The maximum Gasteiger partial charge on any atom is 0.0587 e. The second-order valence-electron chi connectivity index (χ2n) is 2.88. The number of nitrogens with zero attached hydrogens (tertiary/aromatic N) is 1. The number of pyridine rings is 1. The lowest BCUT2D eigenvalue weighted by atomic mass is 10.2. The lowest BCUT2D eigenvalue weighted by molar-refractivity contribution is 0.200. The van der Waals surface area contributed by atoms with Gasteiger partial charge in [0.15, 0.2) is 0 Å². The van der Waals surface area contributed by atoms with E-state index in [9.17, 15) is 0 Å². The Morgan fingerprint density at radius 3 is 2.93 bits per heavy atom. The molecule has 3 nitrogen and oxygen atoms in total. The van der Waals surface area contributed by atoms with Crippen LogP contribution in [0.15, 0.2) is 30.6 Å². The third-order valence-corrected chi connectivity index (χ3v) is 1.76. The molecule has 3 heteroatoms. The average Bonchev–Trinajstić information content (AvgIpc) is 2.25. The SMILES string of the molecule is COCCNCC=Cc1ccncc1. The van der Waals surface area contributed by atoms with Gasteiger partial charge in [0, 0.05) is 32.6 Å². The zero-order valence-corrected chi connectivity index (χ0v) is 8.44. The van der Waals surface area contributed by atoms with Crippen LogP contribution in [0.1, 0.15) is 5.56 Å². The monoisotopic (exact) mass is 192 g/mol. The Bertz CT molecular complexity index is 259. The number of ether oxygens (including phenoxy) is 1. The summed E-state index contributed by atoms with van der Waals surface area (Å²) in [5.41, 5.74) is 1.17. The molecule has 0 spiro atoms. The minimum Gasteiger partial charge on any atom is -0.383 e. The van der Waals surface area contributed by atoms with Gasteiger partial charge in [-0.2, -0.15) is 0 Å². The van der Waals surface area contributed by atoms with Gasteiger partial charge in [-0.3, -0.25) is 4.98 Å². The molecule has 0 radical (unpaired) electrons. The molecule has 1 rings (SSSR count). The Morgan fingerprint density at radius 2 is 2.21 bits per heavy atom. The van der Waals surface area contributed by atoms with Gasteiger partial charge in [-0.25, -0.2) is 0 Å². The molecule has 0 saturated heterocycles. The van der Waals surface area contributed by atoms with Crippen molar-refractivity contribution in [2.45, 2.75) is 0 Å². The number of hydrogen-bond acceptors (Lipinski definition) is 3. The number of methoxy groups -OCH3 is 1. The Kier molecular flexibility index (Phi) is 5.63. The largest absolute Gasteiger partial charge is 0.383 e.